The summed E-state index contributed by atoms with van der Waals surface area (Å²) >= 11 is 5.16. The predicted octanol–water partition coefficient (Wildman–Crippen LogP) is 1.83. The molecule has 2 aromatic rings. The summed E-state index contributed by atoms with van der Waals surface area (Å²) in [6, 6.07) is 9.84. The largest absolute Gasteiger partial charge is 0.393 e. The van der Waals surface area contributed by atoms with Crippen LogP contribution in [-0.2, 0) is 0 Å². The van der Waals surface area contributed by atoms with Gasteiger partial charge in [-0.15, -0.1) is 0 Å². The van der Waals surface area contributed by atoms with Crippen molar-refractivity contribution in [2.45, 2.75) is 18.9 Å². The Kier molecular flexibility index (Phi) is 3.54. The Morgan fingerprint density at radius 1 is 1.30 bits per heavy atom. The van der Waals surface area contributed by atoms with Gasteiger partial charge in [0, 0.05) is 24.0 Å². The number of anilines is 1. The first-order valence-electron chi connectivity index (χ1n) is 6.78. The van der Waals surface area contributed by atoms with Gasteiger partial charge < -0.3 is 15.7 Å². The quantitative estimate of drug-likeness (QED) is 0.825. The minimum absolute atomic E-state index is 0.193. The van der Waals surface area contributed by atoms with Gasteiger partial charge in [-0.25, -0.2) is 4.98 Å². The van der Waals surface area contributed by atoms with E-state index in [4.69, 9.17) is 22.9 Å². The molecular weight excluding hydrogens is 270 g/mol. The molecule has 1 aliphatic rings. The van der Waals surface area contributed by atoms with Crippen LogP contribution in [0, 0.1) is 0 Å². The summed E-state index contributed by atoms with van der Waals surface area (Å²) in [6.07, 6.45) is 1.36. The molecule has 1 fully saturated rings. The van der Waals surface area contributed by atoms with Crippen molar-refractivity contribution in [2.75, 3.05) is 18.0 Å². The fraction of sp³-hybridized carbons (Fsp3) is 0.333. The molecule has 0 aliphatic carbocycles. The number of hydrogen-bond donors (Lipinski definition) is 2. The summed E-state index contributed by atoms with van der Waals surface area (Å²) in [5.41, 5.74) is 7.61. The van der Waals surface area contributed by atoms with E-state index in [-0.39, 0.29) is 6.10 Å². The Balaban J connectivity index is 2.06. The van der Waals surface area contributed by atoms with E-state index in [1.165, 1.54) is 0 Å². The van der Waals surface area contributed by atoms with E-state index >= 15 is 0 Å². The van der Waals surface area contributed by atoms with Crippen molar-refractivity contribution in [3.63, 3.8) is 0 Å². The molecule has 0 spiro atoms. The van der Waals surface area contributed by atoms with Crippen LogP contribution in [0.3, 0.4) is 0 Å². The van der Waals surface area contributed by atoms with Crippen LogP contribution in [0.25, 0.3) is 10.9 Å². The Bertz CT molecular complexity index is 651. The van der Waals surface area contributed by atoms with Crippen LogP contribution in [0.4, 0.5) is 5.82 Å². The second-order valence-electron chi connectivity index (χ2n) is 5.13. The maximum Gasteiger partial charge on any atom is 0.129 e. The summed E-state index contributed by atoms with van der Waals surface area (Å²) in [7, 11) is 0. The third-order valence-corrected chi connectivity index (χ3v) is 3.98. The van der Waals surface area contributed by atoms with Crippen LogP contribution in [0.5, 0.6) is 0 Å². The number of rotatable bonds is 2. The number of aliphatic hydroxyl groups excluding tert-OH is 1. The van der Waals surface area contributed by atoms with E-state index in [0.29, 0.717) is 4.99 Å². The summed E-state index contributed by atoms with van der Waals surface area (Å²) in [5, 5.41) is 10.6. The van der Waals surface area contributed by atoms with Crippen molar-refractivity contribution in [3.05, 3.63) is 35.9 Å². The molecule has 5 heteroatoms. The first kappa shape index (κ1) is 13.3. The highest BCUT2D eigenvalue weighted by Crippen LogP contribution is 2.25. The molecule has 0 atom stereocenters. The van der Waals surface area contributed by atoms with Gasteiger partial charge in [0.15, 0.2) is 0 Å². The lowest BCUT2D eigenvalue weighted by atomic mass is 10.1. The van der Waals surface area contributed by atoms with Crippen molar-refractivity contribution < 1.29 is 5.11 Å². The van der Waals surface area contributed by atoms with Crippen molar-refractivity contribution in [1.29, 1.82) is 0 Å². The highest BCUT2D eigenvalue weighted by molar-refractivity contribution is 7.80. The molecule has 0 saturated carbocycles. The van der Waals surface area contributed by atoms with E-state index in [1.807, 2.05) is 30.3 Å². The van der Waals surface area contributed by atoms with Crippen LogP contribution < -0.4 is 10.6 Å². The fourth-order valence-electron chi connectivity index (χ4n) is 2.62. The van der Waals surface area contributed by atoms with E-state index in [1.54, 1.807) is 0 Å². The zero-order valence-corrected chi connectivity index (χ0v) is 11.9. The maximum absolute atomic E-state index is 9.60. The minimum atomic E-state index is -0.193. The predicted molar refractivity (Wildman–Crippen MR) is 85.1 cm³/mol. The van der Waals surface area contributed by atoms with E-state index in [9.17, 15) is 5.11 Å². The second kappa shape index (κ2) is 5.34. The van der Waals surface area contributed by atoms with Gasteiger partial charge >= 0.3 is 0 Å². The summed E-state index contributed by atoms with van der Waals surface area (Å²) in [6.45, 7) is 1.62. The smallest absolute Gasteiger partial charge is 0.129 e. The van der Waals surface area contributed by atoms with Crippen LogP contribution in [-0.4, -0.2) is 34.3 Å². The van der Waals surface area contributed by atoms with Gasteiger partial charge in [0.05, 0.1) is 11.6 Å². The number of nitrogens with zero attached hydrogens (tertiary/aromatic N) is 2. The number of piperidine rings is 1. The Morgan fingerprint density at radius 2 is 2.00 bits per heavy atom. The number of pyridine rings is 1. The second-order valence-corrected chi connectivity index (χ2v) is 5.57. The highest BCUT2D eigenvalue weighted by Gasteiger charge is 2.19. The van der Waals surface area contributed by atoms with Crippen molar-refractivity contribution in [1.82, 2.24) is 4.98 Å². The number of para-hydroxylation sites is 1. The molecule has 3 N–H and O–H groups in total. The Labute approximate surface area is 123 Å². The molecule has 104 valence electrons. The lowest BCUT2D eigenvalue weighted by molar-refractivity contribution is 0.145. The highest BCUT2D eigenvalue weighted by atomic mass is 32.1. The molecule has 0 unspecified atom stereocenters. The first-order chi connectivity index (χ1) is 9.65. The molecule has 3 rings (SSSR count). The SMILES string of the molecule is NC(=S)c1cc(N2CCC(O)CC2)nc2ccccc12. The molecule has 0 amide bonds. The van der Waals surface area contributed by atoms with Gasteiger partial charge in [0.1, 0.15) is 10.8 Å². The van der Waals surface area contributed by atoms with Crippen molar-refractivity contribution in [2.24, 2.45) is 5.73 Å². The van der Waals surface area contributed by atoms with Crippen LogP contribution in [0.2, 0.25) is 0 Å². The summed E-state index contributed by atoms with van der Waals surface area (Å²) in [5.74, 6) is 0.887. The average molecular weight is 287 g/mol. The maximum atomic E-state index is 9.60. The zero-order valence-electron chi connectivity index (χ0n) is 11.1. The number of nitrogens with two attached hydrogens (primary N) is 1. The molecule has 0 bridgehead atoms. The molecular formula is C15H17N3OS. The van der Waals surface area contributed by atoms with Crippen molar-refractivity contribution >= 4 is 33.9 Å². The van der Waals surface area contributed by atoms with Crippen molar-refractivity contribution in [3.8, 4) is 0 Å². The third kappa shape index (κ3) is 2.46. The molecule has 0 radical (unpaired) electrons. The number of aromatic nitrogens is 1. The lowest BCUT2D eigenvalue weighted by Gasteiger charge is -2.31. The topological polar surface area (TPSA) is 62.4 Å². The zero-order chi connectivity index (χ0) is 14.1. The summed E-state index contributed by atoms with van der Waals surface area (Å²) < 4.78 is 0. The van der Waals surface area contributed by atoms with Gasteiger partial charge in [-0.1, -0.05) is 30.4 Å². The molecule has 1 aromatic carbocycles. The molecule has 20 heavy (non-hydrogen) atoms. The lowest BCUT2D eigenvalue weighted by Crippen LogP contribution is -2.36. The van der Waals surface area contributed by atoms with Crippen LogP contribution >= 0.6 is 12.2 Å². The number of hydrogen-bond acceptors (Lipinski definition) is 4. The van der Waals surface area contributed by atoms with Crippen LogP contribution in [0.15, 0.2) is 30.3 Å². The standard InChI is InChI=1S/C15H17N3OS/c16-15(20)12-9-14(18-7-5-10(19)6-8-18)17-13-4-2-1-3-11(12)13/h1-4,9-10,19H,5-8H2,(H2,16,20). The Morgan fingerprint density at radius 3 is 2.70 bits per heavy atom. The van der Waals surface area contributed by atoms with Gasteiger partial charge in [-0.2, -0.15) is 0 Å². The third-order valence-electron chi connectivity index (χ3n) is 3.76. The van der Waals surface area contributed by atoms with Gasteiger partial charge in [-0.05, 0) is 25.0 Å². The molecule has 1 aliphatic heterocycles. The van der Waals surface area contributed by atoms with Gasteiger partial charge in [0.25, 0.3) is 0 Å². The Hall–Kier alpha value is -1.72. The van der Waals surface area contributed by atoms with Crippen LogP contribution in [0.1, 0.15) is 18.4 Å². The number of thiocarbonyl (C=S) groups is 1. The normalized spacial score (nSPS) is 16.6. The fourth-order valence-corrected chi connectivity index (χ4v) is 2.79. The number of benzene rings is 1. The average Bonchev–Trinajstić information content (AvgIpc) is 2.46. The van der Waals surface area contributed by atoms with Gasteiger partial charge in [0.2, 0.25) is 0 Å². The van der Waals surface area contributed by atoms with E-state index in [2.05, 4.69) is 4.90 Å². The molecule has 1 aromatic heterocycles. The number of aliphatic hydroxyl groups is 1. The number of fused-ring (bicyclic) bond motifs is 1. The molecule has 1 saturated heterocycles. The van der Waals surface area contributed by atoms with Gasteiger partial charge in [-0.3, -0.25) is 0 Å². The summed E-state index contributed by atoms with van der Waals surface area (Å²) in [4.78, 5) is 7.27. The minimum Gasteiger partial charge on any atom is -0.393 e. The molecule has 2 heterocycles. The monoisotopic (exact) mass is 287 g/mol. The van der Waals surface area contributed by atoms with E-state index < -0.39 is 0 Å². The van der Waals surface area contributed by atoms with E-state index in [0.717, 1.165) is 48.2 Å². The molecule has 4 nitrogen and oxygen atoms in total. The first-order valence-corrected chi connectivity index (χ1v) is 7.18.